The molecule has 0 bridgehead atoms. The van der Waals surface area contributed by atoms with Gasteiger partial charge < -0.3 is 28.6 Å². The molecule has 0 spiro atoms. The van der Waals surface area contributed by atoms with Crippen LogP contribution in [-0.2, 0) is 28.6 Å². The summed E-state index contributed by atoms with van der Waals surface area (Å²) in [6, 6.07) is -0.732. The number of allylic oxidation sites excluding steroid dienone is 12. The monoisotopic (exact) mass is 826 g/mol. The largest absolute Gasteiger partial charge is 0.544 e. The maximum Gasteiger partial charge on any atom is 0.306 e. The fourth-order valence-corrected chi connectivity index (χ4v) is 6.51. The Kier molecular flexibility index (Phi) is 39.2. The molecule has 8 nitrogen and oxygen atoms in total. The molecule has 0 N–H and O–H groups in total. The van der Waals surface area contributed by atoms with Gasteiger partial charge in [0.15, 0.2) is 6.10 Å². The van der Waals surface area contributed by atoms with E-state index in [-0.39, 0.29) is 42.7 Å². The molecule has 0 aliphatic carbocycles. The van der Waals surface area contributed by atoms with E-state index in [1.54, 1.807) is 21.1 Å². The Morgan fingerprint density at radius 2 is 0.898 bits per heavy atom. The second kappa shape index (κ2) is 41.5. The predicted octanol–water partition coefficient (Wildman–Crippen LogP) is 11.8. The zero-order valence-electron chi connectivity index (χ0n) is 38.4. The van der Waals surface area contributed by atoms with Gasteiger partial charge in [0, 0.05) is 19.3 Å². The van der Waals surface area contributed by atoms with Gasteiger partial charge in [-0.3, -0.25) is 9.59 Å². The molecule has 0 aliphatic rings. The molecule has 0 aromatic rings. The molecule has 0 rings (SSSR count). The van der Waals surface area contributed by atoms with Crippen LogP contribution in [0.2, 0.25) is 0 Å². The van der Waals surface area contributed by atoms with Crippen molar-refractivity contribution in [2.75, 3.05) is 41.0 Å². The smallest absolute Gasteiger partial charge is 0.306 e. The molecule has 0 aromatic heterocycles. The highest BCUT2D eigenvalue weighted by Crippen LogP contribution is 2.14. The Balaban J connectivity index is 4.33. The van der Waals surface area contributed by atoms with Gasteiger partial charge in [0.1, 0.15) is 12.6 Å². The summed E-state index contributed by atoms with van der Waals surface area (Å²) in [4.78, 5) is 36.9. The van der Waals surface area contributed by atoms with E-state index in [0.29, 0.717) is 12.8 Å². The van der Waals surface area contributed by atoms with Crippen molar-refractivity contribution in [3.8, 4) is 0 Å². The molecule has 0 saturated heterocycles. The molecule has 0 aromatic carbocycles. The number of likely N-dealkylation sites (N-methyl/N-ethyl adjacent to an activating group) is 1. The highest BCUT2D eigenvalue weighted by atomic mass is 16.6. The first kappa shape index (κ1) is 55.8. The SMILES string of the molecule is CC/C=C/C/C=C/C/C=C/CCCCCCCCCCCC(=O)OC(COCCC(C(=O)[O-])[N+](C)(C)C)COC(=O)CCCCCCCC/C=C/C/C=C/C/C=C/CC. The molecule has 0 heterocycles. The van der Waals surface area contributed by atoms with Crippen molar-refractivity contribution in [2.45, 2.75) is 193 Å². The molecule has 2 unspecified atom stereocenters. The number of quaternary nitrogens is 1. The Labute approximate surface area is 361 Å². The zero-order valence-corrected chi connectivity index (χ0v) is 38.4. The molecule has 0 saturated carbocycles. The van der Waals surface area contributed by atoms with Crippen LogP contribution in [0, 0.1) is 0 Å². The summed E-state index contributed by atoms with van der Waals surface area (Å²) < 4.78 is 17.2. The van der Waals surface area contributed by atoms with Crippen molar-refractivity contribution < 1.29 is 38.2 Å². The average molecular weight is 826 g/mol. The highest BCUT2D eigenvalue weighted by Gasteiger charge is 2.25. The lowest BCUT2D eigenvalue weighted by atomic mass is 10.1. The number of carbonyl (C=O) groups excluding carboxylic acids is 3. The Morgan fingerprint density at radius 3 is 1.32 bits per heavy atom. The van der Waals surface area contributed by atoms with Gasteiger partial charge in [-0.1, -0.05) is 157 Å². The van der Waals surface area contributed by atoms with Crippen LogP contribution in [0.4, 0.5) is 0 Å². The van der Waals surface area contributed by atoms with Gasteiger partial charge in [0.2, 0.25) is 0 Å². The van der Waals surface area contributed by atoms with Crippen molar-refractivity contribution in [2.24, 2.45) is 0 Å². The van der Waals surface area contributed by atoms with Crippen molar-refractivity contribution in [3.05, 3.63) is 72.9 Å². The second-order valence-electron chi connectivity index (χ2n) is 16.6. The summed E-state index contributed by atoms with van der Waals surface area (Å²) in [6.45, 7) is 4.42. The summed E-state index contributed by atoms with van der Waals surface area (Å²) >= 11 is 0. The predicted molar refractivity (Wildman–Crippen MR) is 245 cm³/mol. The normalized spacial score (nSPS) is 13.6. The number of carbonyl (C=O) groups is 3. The van der Waals surface area contributed by atoms with E-state index < -0.39 is 18.1 Å². The third kappa shape index (κ3) is 40.0. The van der Waals surface area contributed by atoms with E-state index in [1.165, 1.54) is 51.4 Å². The topological polar surface area (TPSA) is 102 Å². The second-order valence-corrected chi connectivity index (χ2v) is 16.6. The zero-order chi connectivity index (χ0) is 43.5. The minimum absolute atomic E-state index is 0.0310. The van der Waals surface area contributed by atoms with Crippen LogP contribution in [0.3, 0.4) is 0 Å². The van der Waals surface area contributed by atoms with Crippen molar-refractivity contribution in [1.29, 1.82) is 0 Å². The maximum atomic E-state index is 12.8. The lowest BCUT2D eigenvalue weighted by molar-refractivity contribution is -0.889. The number of carboxylic acids is 1. The summed E-state index contributed by atoms with van der Waals surface area (Å²) in [6.07, 6.45) is 52.1. The van der Waals surface area contributed by atoms with E-state index in [2.05, 4.69) is 86.8 Å². The van der Waals surface area contributed by atoms with Crippen LogP contribution in [-0.4, -0.2) is 75.5 Å². The summed E-state index contributed by atoms with van der Waals surface area (Å²) in [5, 5.41) is 11.6. The fourth-order valence-electron chi connectivity index (χ4n) is 6.51. The molecule has 338 valence electrons. The van der Waals surface area contributed by atoms with Gasteiger partial charge in [-0.2, -0.15) is 0 Å². The first-order valence-corrected chi connectivity index (χ1v) is 23.5. The van der Waals surface area contributed by atoms with Crippen molar-refractivity contribution in [1.82, 2.24) is 0 Å². The van der Waals surface area contributed by atoms with E-state index in [1.807, 2.05) is 0 Å². The van der Waals surface area contributed by atoms with Gasteiger partial charge >= 0.3 is 11.9 Å². The van der Waals surface area contributed by atoms with E-state index in [0.717, 1.165) is 96.3 Å². The molecule has 59 heavy (non-hydrogen) atoms. The summed E-state index contributed by atoms with van der Waals surface area (Å²) in [5.41, 5.74) is 0. The minimum Gasteiger partial charge on any atom is -0.544 e. The van der Waals surface area contributed by atoms with Crippen LogP contribution in [0.25, 0.3) is 0 Å². The lowest BCUT2D eigenvalue weighted by Crippen LogP contribution is -2.55. The molecule has 0 aliphatic heterocycles. The number of esters is 2. The third-order valence-electron chi connectivity index (χ3n) is 10.1. The van der Waals surface area contributed by atoms with Gasteiger partial charge in [-0.15, -0.1) is 0 Å². The number of nitrogens with zero attached hydrogens (tertiary/aromatic N) is 1. The fraction of sp³-hybridized carbons (Fsp3) is 0.706. The number of ether oxygens (including phenoxy) is 3. The Bertz CT molecular complexity index is 1190. The maximum absolute atomic E-state index is 12.8. The number of rotatable bonds is 41. The van der Waals surface area contributed by atoms with Crippen LogP contribution in [0.1, 0.15) is 181 Å². The van der Waals surface area contributed by atoms with Crippen LogP contribution in [0.5, 0.6) is 0 Å². The number of aliphatic carboxylic acids is 1. The van der Waals surface area contributed by atoms with Crippen molar-refractivity contribution >= 4 is 17.9 Å². The molecule has 0 amide bonds. The Hall–Kier alpha value is -3.23. The lowest BCUT2D eigenvalue weighted by Gasteiger charge is -2.34. The number of hydrogen-bond acceptors (Lipinski definition) is 7. The number of unbranched alkanes of at least 4 members (excludes halogenated alkanes) is 15. The van der Waals surface area contributed by atoms with Gasteiger partial charge in [0.25, 0.3) is 0 Å². The first-order valence-electron chi connectivity index (χ1n) is 23.5. The van der Waals surface area contributed by atoms with Gasteiger partial charge in [-0.25, -0.2) is 0 Å². The highest BCUT2D eigenvalue weighted by molar-refractivity contribution is 5.70. The Morgan fingerprint density at radius 1 is 0.508 bits per heavy atom. The van der Waals surface area contributed by atoms with E-state index in [4.69, 9.17) is 14.2 Å². The molecule has 8 heteroatoms. The standard InChI is InChI=1S/C51H87NO7/c1-6-8-10-12-14-16-18-20-22-24-25-26-28-30-32-34-36-38-40-42-50(54)59-47(45-57-44-43-48(51(55)56)52(3,4)5)46-58-49(53)41-39-37-35-33-31-29-27-23-21-19-17-15-13-11-9-7-2/h8-11,14-17,20-23,47-48H,6-7,12-13,18-19,24-46H2,1-5H3/b10-8+,11-9+,16-14+,17-15+,22-20+,23-21+. The first-order chi connectivity index (χ1) is 28.6. The quantitative estimate of drug-likeness (QED) is 0.0262. The third-order valence-corrected chi connectivity index (χ3v) is 10.1. The summed E-state index contributed by atoms with van der Waals surface area (Å²) in [7, 11) is 5.40. The number of carboxylic acid groups (broad SMARTS) is 1. The van der Waals surface area contributed by atoms with Crippen LogP contribution in [0.15, 0.2) is 72.9 Å². The molecule has 0 radical (unpaired) electrons. The molecule has 0 fully saturated rings. The van der Waals surface area contributed by atoms with Crippen molar-refractivity contribution in [3.63, 3.8) is 0 Å². The molecular formula is C51H87NO7. The molecular weight excluding hydrogens is 739 g/mol. The van der Waals surface area contributed by atoms with E-state index in [9.17, 15) is 19.5 Å². The minimum atomic E-state index is -1.13. The molecule has 2 atom stereocenters. The summed E-state index contributed by atoms with van der Waals surface area (Å²) in [5.74, 6) is -1.76. The van der Waals surface area contributed by atoms with E-state index >= 15 is 0 Å². The van der Waals surface area contributed by atoms with Gasteiger partial charge in [-0.05, 0) is 77.0 Å². The van der Waals surface area contributed by atoms with Crippen LogP contribution >= 0.6 is 0 Å². The average Bonchev–Trinajstić information content (AvgIpc) is 3.19. The van der Waals surface area contributed by atoms with Gasteiger partial charge in [0.05, 0.1) is 40.3 Å². The van der Waals surface area contributed by atoms with Crippen LogP contribution < -0.4 is 5.11 Å². The number of hydrogen-bond donors (Lipinski definition) is 0.